The van der Waals surface area contributed by atoms with Gasteiger partial charge in [0.05, 0.1) is 17.2 Å². The molecule has 0 aromatic heterocycles. The molecule has 72 valence electrons. The Morgan fingerprint density at radius 2 is 2.31 bits per heavy atom. The summed E-state index contributed by atoms with van der Waals surface area (Å²) in [4.78, 5) is 11.6. The lowest BCUT2D eigenvalue weighted by Crippen LogP contribution is -2.54. The minimum Gasteiger partial charge on any atom is -0.307 e. The number of hydrazone groups is 1. The minimum atomic E-state index is -0.122. The van der Waals surface area contributed by atoms with Gasteiger partial charge in [-0.2, -0.15) is 5.10 Å². The van der Waals surface area contributed by atoms with E-state index in [1.807, 2.05) is 0 Å². The van der Waals surface area contributed by atoms with E-state index >= 15 is 0 Å². The molecular weight excluding hydrogens is 166 g/mol. The second-order valence-electron chi connectivity index (χ2n) is 4.24. The first-order valence-electron chi connectivity index (χ1n) is 4.64. The summed E-state index contributed by atoms with van der Waals surface area (Å²) in [6.07, 6.45) is 0.880. The summed E-state index contributed by atoms with van der Waals surface area (Å²) < 4.78 is 0. The maximum absolute atomic E-state index is 11.6. The fourth-order valence-electron chi connectivity index (χ4n) is 2.06. The van der Waals surface area contributed by atoms with Crippen LogP contribution >= 0.6 is 0 Å². The van der Waals surface area contributed by atoms with Gasteiger partial charge in [0.25, 0.3) is 5.91 Å². The first-order valence-corrected chi connectivity index (χ1v) is 4.64. The second kappa shape index (κ2) is 2.54. The molecule has 0 aliphatic carbocycles. The average molecular weight is 181 g/mol. The average Bonchev–Trinajstić information content (AvgIpc) is 2.32. The van der Waals surface area contributed by atoms with Crippen molar-refractivity contribution in [3.63, 3.8) is 0 Å². The summed E-state index contributed by atoms with van der Waals surface area (Å²) >= 11 is 0. The van der Waals surface area contributed by atoms with E-state index in [2.05, 4.69) is 24.3 Å². The number of rotatable bonds is 0. The number of amides is 1. The SMILES string of the molecule is CN1N=C2C(CCNC2(C)C)C1=O. The molecule has 2 aliphatic heterocycles. The number of hydrogen-bond acceptors (Lipinski definition) is 3. The molecular formula is C9H15N3O. The van der Waals surface area contributed by atoms with Gasteiger partial charge < -0.3 is 5.32 Å². The van der Waals surface area contributed by atoms with E-state index < -0.39 is 0 Å². The van der Waals surface area contributed by atoms with Gasteiger partial charge in [-0.1, -0.05) is 0 Å². The van der Waals surface area contributed by atoms with Gasteiger partial charge in [-0.3, -0.25) is 4.79 Å². The van der Waals surface area contributed by atoms with Crippen molar-refractivity contribution in [2.24, 2.45) is 11.0 Å². The van der Waals surface area contributed by atoms with Gasteiger partial charge in [-0.25, -0.2) is 5.01 Å². The van der Waals surface area contributed by atoms with Gasteiger partial charge in [0.2, 0.25) is 0 Å². The summed E-state index contributed by atoms with van der Waals surface area (Å²) in [7, 11) is 1.73. The first-order chi connectivity index (χ1) is 6.02. The van der Waals surface area contributed by atoms with Crippen LogP contribution in [0.1, 0.15) is 20.3 Å². The van der Waals surface area contributed by atoms with Crippen molar-refractivity contribution in [1.82, 2.24) is 10.3 Å². The van der Waals surface area contributed by atoms with Crippen molar-refractivity contribution in [2.45, 2.75) is 25.8 Å². The fraction of sp³-hybridized carbons (Fsp3) is 0.778. The zero-order valence-corrected chi connectivity index (χ0v) is 8.29. The van der Waals surface area contributed by atoms with E-state index in [1.165, 1.54) is 5.01 Å². The predicted molar refractivity (Wildman–Crippen MR) is 50.4 cm³/mol. The van der Waals surface area contributed by atoms with Crippen molar-refractivity contribution in [2.75, 3.05) is 13.6 Å². The normalized spacial score (nSPS) is 31.6. The van der Waals surface area contributed by atoms with Crippen LogP contribution in [0.5, 0.6) is 0 Å². The molecule has 0 aromatic rings. The van der Waals surface area contributed by atoms with Crippen molar-refractivity contribution in [3.05, 3.63) is 0 Å². The van der Waals surface area contributed by atoms with E-state index in [9.17, 15) is 4.79 Å². The van der Waals surface area contributed by atoms with Crippen molar-refractivity contribution >= 4 is 11.6 Å². The Balaban J connectivity index is 2.35. The maximum Gasteiger partial charge on any atom is 0.251 e. The lowest BCUT2D eigenvalue weighted by molar-refractivity contribution is -0.130. The smallest absolute Gasteiger partial charge is 0.251 e. The standard InChI is InChI=1S/C9H15N3O/c1-9(2)7-6(4-5-10-9)8(13)12(3)11-7/h6,10H,4-5H2,1-3H3. The Bertz CT molecular complexity index is 283. The number of piperidine rings is 1. The highest BCUT2D eigenvalue weighted by atomic mass is 16.2. The monoisotopic (exact) mass is 181 g/mol. The fourth-order valence-corrected chi connectivity index (χ4v) is 2.06. The summed E-state index contributed by atoms with van der Waals surface area (Å²) in [5.74, 6) is 0.172. The molecule has 1 saturated heterocycles. The molecule has 1 N–H and O–H groups in total. The molecule has 2 rings (SSSR count). The predicted octanol–water partition coefficient (Wildman–Crippen LogP) is 0.202. The minimum absolute atomic E-state index is 0.0289. The Hall–Kier alpha value is -0.900. The van der Waals surface area contributed by atoms with Gasteiger partial charge >= 0.3 is 0 Å². The van der Waals surface area contributed by atoms with E-state index in [-0.39, 0.29) is 17.4 Å². The zero-order chi connectivity index (χ0) is 9.64. The van der Waals surface area contributed by atoms with Crippen molar-refractivity contribution in [1.29, 1.82) is 0 Å². The molecule has 0 radical (unpaired) electrons. The molecule has 0 aromatic carbocycles. The highest BCUT2D eigenvalue weighted by molar-refractivity contribution is 6.12. The Kier molecular flexibility index (Phi) is 1.70. The highest BCUT2D eigenvalue weighted by Crippen LogP contribution is 2.27. The largest absolute Gasteiger partial charge is 0.307 e. The van der Waals surface area contributed by atoms with Crippen LogP contribution in [0.15, 0.2) is 5.10 Å². The van der Waals surface area contributed by atoms with Crippen molar-refractivity contribution in [3.8, 4) is 0 Å². The van der Waals surface area contributed by atoms with Crippen LogP contribution < -0.4 is 5.32 Å². The number of nitrogens with zero attached hydrogens (tertiary/aromatic N) is 2. The van der Waals surface area contributed by atoms with Gasteiger partial charge in [-0.15, -0.1) is 0 Å². The van der Waals surface area contributed by atoms with Crippen LogP contribution in [0.4, 0.5) is 0 Å². The van der Waals surface area contributed by atoms with Crippen LogP contribution in [0.25, 0.3) is 0 Å². The van der Waals surface area contributed by atoms with Gasteiger partial charge in [-0.05, 0) is 26.8 Å². The number of carbonyl (C=O) groups excluding carboxylic acids is 1. The molecule has 1 amide bonds. The third kappa shape index (κ3) is 1.16. The quantitative estimate of drug-likeness (QED) is 0.580. The molecule has 0 saturated carbocycles. The third-order valence-electron chi connectivity index (χ3n) is 2.85. The van der Waals surface area contributed by atoms with E-state index in [4.69, 9.17) is 0 Å². The molecule has 1 atom stereocenters. The molecule has 0 spiro atoms. The number of hydrogen-bond donors (Lipinski definition) is 1. The molecule has 1 unspecified atom stereocenters. The third-order valence-corrected chi connectivity index (χ3v) is 2.85. The van der Waals surface area contributed by atoms with Crippen LogP contribution in [0.2, 0.25) is 0 Å². The number of carbonyl (C=O) groups is 1. The lowest BCUT2D eigenvalue weighted by atomic mass is 9.82. The maximum atomic E-state index is 11.6. The van der Waals surface area contributed by atoms with Gasteiger partial charge in [0.15, 0.2) is 0 Å². The number of fused-ring (bicyclic) bond motifs is 1. The molecule has 13 heavy (non-hydrogen) atoms. The molecule has 4 nitrogen and oxygen atoms in total. The Morgan fingerprint density at radius 3 is 2.92 bits per heavy atom. The van der Waals surface area contributed by atoms with Gasteiger partial charge in [0, 0.05) is 7.05 Å². The molecule has 4 heteroatoms. The van der Waals surface area contributed by atoms with Crippen LogP contribution in [-0.4, -0.2) is 35.8 Å². The topological polar surface area (TPSA) is 44.7 Å². The first kappa shape index (κ1) is 8.69. The summed E-state index contributed by atoms with van der Waals surface area (Å²) in [6, 6.07) is 0. The van der Waals surface area contributed by atoms with Gasteiger partial charge in [0.1, 0.15) is 0 Å². The highest BCUT2D eigenvalue weighted by Gasteiger charge is 2.44. The molecule has 2 heterocycles. The van der Waals surface area contributed by atoms with E-state index in [0.717, 1.165) is 18.7 Å². The van der Waals surface area contributed by atoms with E-state index in [0.29, 0.717) is 0 Å². The molecule has 0 bridgehead atoms. The summed E-state index contributed by atoms with van der Waals surface area (Å²) in [5, 5.41) is 9.11. The lowest BCUT2D eigenvalue weighted by Gasteiger charge is -2.33. The van der Waals surface area contributed by atoms with Crippen LogP contribution in [-0.2, 0) is 4.79 Å². The van der Waals surface area contributed by atoms with Crippen LogP contribution in [0, 0.1) is 5.92 Å². The zero-order valence-electron chi connectivity index (χ0n) is 8.29. The Morgan fingerprint density at radius 1 is 1.62 bits per heavy atom. The summed E-state index contributed by atoms with van der Waals surface area (Å²) in [5.41, 5.74) is 0.870. The second-order valence-corrected chi connectivity index (χ2v) is 4.24. The number of nitrogens with one attached hydrogen (secondary N) is 1. The molecule has 1 fully saturated rings. The van der Waals surface area contributed by atoms with E-state index in [1.54, 1.807) is 7.05 Å². The summed E-state index contributed by atoms with van der Waals surface area (Å²) in [6.45, 7) is 5.05. The Labute approximate surface area is 78.0 Å². The van der Waals surface area contributed by atoms with Crippen molar-refractivity contribution < 1.29 is 4.79 Å². The van der Waals surface area contributed by atoms with Crippen LogP contribution in [0.3, 0.4) is 0 Å². The molecule has 2 aliphatic rings.